The predicted molar refractivity (Wildman–Crippen MR) is 57.1 cm³/mol. The molecule has 2 unspecified atom stereocenters. The maximum absolute atomic E-state index is 5.55. The van der Waals surface area contributed by atoms with Crippen LogP contribution in [-0.2, 0) is 14.2 Å². The van der Waals surface area contributed by atoms with Crippen molar-refractivity contribution in [2.24, 2.45) is 11.8 Å². The SMILES string of the molecule is CCOC(OCC)C(NN)C1CCOC1. The van der Waals surface area contributed by atoms with Crippen LogP contribution >= 0.6 is 0 Å². The lowest BCUT2D eigenvalue weighted by Gasteiger charge is -2.29. The van der Waals surface area contributed by atoms with Crippen molar-refractivity contribution in [1.29, 1.82) is 0 Å². The van der Waals surface area contributed by atoms with Crippen molar-refractivity contribution in [3.63, 3.8) is 0 Å². The van der Waals surface area contributed by atoms with Gasteiger partial charge in [-0.25, -0.2) is 0 Å². The maximum atomic E-state index is 5.55. The van der Waals surface area contributed by atoms with Crippen molar-refractivity contribution in [3.05, 3.63) is 0 Å². The molecule has 0 aliphatic carbocycles. The minimum absolute atomic E-state index is 0.00685. The molecule has 0 spiro atoms. The Kier molecular flexibility index (Phi) is 6.12. The molecule has 90 valence electrons. The van der Waals surface area contributed by atoms with E-state index in [1.165, 1.54) is 0 Å². The second kappa shape index (κ2) is 7.14. The zero-order valence-electron chi connectivity index (χ0n) is 9.57. The highest BCUT2D eigenvalue weighted by Gasteiger charge is 2.32. The van der Waals surface area contributed by atoms with Crippen LogP contribution in [0.1, 0.15) is 20.3 Å². The quantitative estimate of drug-likeness (QED) is 0.364. The number of ether oxygens (including phenoxy) is 3. The summed E-state index contributed by atoms with van der Waals surface area (Å²) in [5.41, 5.74) is 2.78. The summed E-state index contributed by atoms with van der Waals surface area (Å²) in [7, 11) is 0. The molecule has 0 aromatic heterocycles. The smallest absolute Gasteiger partial charge is 0.174 e. The molecule has 0 saturated carbocycles. The van der Waals surface area contributed by atoms with E-state index < -0.39 is 0 Å². The number of hydrogen-bond acceptors (Lipinski definition) is 5. The third-order valence-electron chi connectivity index (χ3n) is 2.62. The van der Waals surface area contributed by atoms with Crippen LogP contribution in [-0.4, -0.2) is 38.8 Å². The topological polar surface area (TPSA) is 65.7 Å². The fourth-order valence-electron chi connectivity index (χ4n) is 1.86. The van der Waals surface area contributed by atoms with Gasteiger partial charge in [-0.3, -0.25) is 11.3 Å². The van der Waals surface area contributed by atoms with Gasteiger partial charge >= 0.3 is 0 Å². The third kappa shape index (κ3) is 3.70. The molecule has 0 aromatic rings. The van der Waals surface area contributed by atoms with Crippen LogP contribution in [0.15, 0.2) is 0 Å². The van der Waals surface area contributed by atoms with E-state index >= 15 is 0 Å². The fourth-order valence-corrected chi connectivity index (χ4v) is 1.86. The van der Waals surface area contributed by atoms with Gasteiger partial charge in [0.1, 0.15) is 0 Å². The zero-order valence-corrected chi connectivity index (χ0v) is 9.57. The Balaban J connectivity index is 2.50. The van der Waals surface area contributed by atoms with Crippen molar-refractivity contribution in [1.82, 2.24) is 5.43 Å². The van der Waals surface area contributed by atoms with Gasteiger partial charge in [-0.05, 0) is 20.3 Å². The lowest BCUT2D eigenvalue weighted by atomic mass is 9.99. The number of rotatable bonds is 7. The van der Waals surface area contributed by atoms with Crippen molar-refractivity contribution in [2.75, 3.05) is 26.4 Å². The summed E-state index contributed by atoms with van der Waals surface area (Å²) < 4.78 is 16.4. The molecule has 1 fully saturated rings. The van der Waals surface area contributed by atoms with E-state index in [1.807, 2.05) is 13.8 Å². The molecule has 0 bridgehead atoms. The molecule has 0 aromatic carbocycles. The summed E-state index contributed by atoms with van der Waals surface area (Å²) in [6.45, 7) is 6.67. The van der Waals surface area contributed by atoms with Gasteiger partial charge in [-0.1, -0.05) is 0 Å². The first-order valence-corrected chi connectivity index (χ1v) is 5.60. The molecule has 1 aliphatic heterocycles. The van der Waals surface area contributed by atoms with Crippen LogP contribution in [0.3, 0.4) is 0 Å². The lowest BCUT2D eigenvalue weighted by Crippen LogP contribution is -2.51. The van der Waals surface area contributed by atoms with Crippen LogP contribution in [0, 0.1) is 5.92 Å². The van der Waals surface area contributed by atoms with E-state index in [0.29, 0.717) is 19.1 Å². The van der Waals surface area contributed by atoms with Crippen LogP contribution in [0.5, 0.6) is 0 Å². The number of nitrogens with two attached hydrogens (primary N) is 1. The average molecular weight is 218 g/mol. The van der Waals surface area contributed by atoms with Gasteiger partial charge in [0.2, 0.25) is 0 Å². The number of hydrazine groups is 1. The largest absolute Gasteiger partial charge is 0.381 e. The molecule has 5 nitrogen and oxygen atoms in total. The Bertz CT molecular complexity index is 157. The number of hydrogen-bond donors (Lipinski definition) is 2. The van der Waals surface area contributed by atoms with E-state index in [1.54, 1.807) is 0 Å². The Morgan fingerprint density at radius 1 is 1.40 bits per heavy atom. The summed E-state index contributed by atoms with van der Waals surface area (Å²) in [4.78, 5) is 0. The molecule has 15 heavy (non-hydrogen) atoms. The van der Waals surface area contributed by atoms with Crippen LogP contribution in [0.2, 0.25) is 0 Å². The van der Waals surface area contributed by atoms with E-state index in [9.17, 15) is 0 Å². The molecule has 0 amide bonds. The number of nitrogens with one attached hydrogen (secondary N) is 1. The minimum atomic E-state index is -0.281. The first-order valence-electron chi connectivity index (χ1n) is 5.60. The standard InChI is InChI=1S/C10H22N2O3/c1-3-14-10(15-4-2)9(12-11)8-5-6-13-7-8/h8-10,12H,3-7,11H2,1-2H3. The molecule has 3 N–H and O–H groups in total. The Morgan fingerprint density at radius 3 is 2.47 bits per heavy atom. The first-order chi connectivity index (χ1) is 7.33. The van der Waals surface area contributed by atoms with Crippen molar-refractivity contribution >= 4 is 0 Å². The second-order valence-electron chi connectivity index (χ2n) is 3.60. The van der Waals surface area contributed by atoms with Gasteiger partial charge in [0.25, 0.3) is 0 Å². The monoisotopic (exact) mass is 218 g/mol. The lowest BCUT2D eigenvalue weighted by molar-refractivity contribution is -0.162. The van der Waals surface area contributed by atoms with Crippen LogP contribution in [0.25, 0.3) is 0 Å². The molecule has 1 heterocycles. The molecule has 0 radical (unpaired) electrons. The molecule has 1 saturated heterocycles. The fraction of sp³-hybridized carbons (Fsp3) is 1.00. The maximum Gasteiger partial charge on any atom is 0.174 e. The average Bonchev–Trinajstić information content (AvgIpc) is 2.73. The van der Waals surface area contributed by atoms with Gasteiger partial charge < -0.3 is 14.2 Å². The van der Waals surface area contributed by atoms with Crippen LogP contribution in [0.4, 0.5) is 0 Å². The van der Waals surface area contributed by atoms with Crippen molar-refractivity contribution in [2.45, 2.75) is 32.6 Å². The molecule has 1 rings (SSSR count). The van der Waals surface area contributed by atoms with Gasteiger partial charge in [-0.15, -0.1) is 0 Å². The van der Waals surface area contributed by atoms with Crippen LogP contribution < -0.4 is 11.3 Å². The Labute approximate surface area is 91.2 Å². The first kappa shape index (κ1) is 12.9. The van der Waals surface area contributed by atoms with E-state index in [0.717, 1.165) is 19.6 Å². The van der Waals surface area contributed by atoms with Crippen molar-refractivity contribution in [3.8, 4) is 0 Å². The highest BCUT2D eigenvalue weighted by molar-refractivity contribution is 4.80. The molecular weight excluding hydrogens is 196 g/mol. The van der Waals surface area contributed by atoms with Gasteiger partial charge in [-0.2, -0.15) is 0 Å². The summed E-state index contributed by atoms with van der Waals surface area (Å²) >= 11 is 0. The predicted octanol–water partition coefficient (Wildman–Crippen LogP) is 0.254. The summed E-state index contributed by atoms with van der Waals surface area (Å²) in [5.74, 6) is 5.92. The highest BCUT2D eigenvalue weighted by atomic mass is 16.7. The molecule has 1 aliphatic rings. The van der Waals surface area contributed by atoms with E-state index in [-0.39, 0.29) is 12.3 Å². The molecular formula is C10H22N2O3. The normalized spacial score (nSPS) is 23.6. The summed E-state index contributed by atoms with van der Waals surface area (Å²) in [6.07, 6.45) is 0.725. The second-order valence-corrected chi connectivity index (χ2v) is 3.60. The van der Waals surface area contributed by atoms with Gasteiger partial charge in [0.15, 0.2) is 6.29 Å². The van der Waals surface area contributed by atoms with E-state index in [2.05, 4.69) is 5.43 Å². The summed E-state index contributed by atoms with van der Waals surface area (Å²) in [5, 5.41) is 0. The Morgan fingerprint density at radius 2 is 2.07 bits per heavy atom. The summed E-state index contributed by atoms with van der Waals surface area (Å²) in [6, 6.07) is 0.00685. The minimum Gasteiger partial charge on any atom is -0.381 e. The highest BCUT2D eigenvalue weighted by Crippen LogP contribution is 2.20. The van der Waals surface area contributed by atoms with Gasteiger partial charge in [0.05, 0.1) is 12.6 Å². The third-order valence-corrected chi connectivity index (χ3v) is 2.62. The zero-order chi connectivity index (χ0) is 11.1. The van der Waals surface area contributed by atoms with E-state index in [4.69, 9.17) is 20.1 Å². The molecule has 2 atom stereocenters. The van der Waals surface area contributed by atoms with Gasteiger partial charge in [0, 0.05) is 25.7 Å². The Hall–Kier alpha value is -0.200. The molecule has 5 heteroatoms. The van der Waals surface area contributed by atoms with Crippen molar-refractivity contribution < 1.29 is 14.2 Å².